The molecule has 0 fully saturated rings. The Morgan fingerprint density at radius 1 is 1.67 bits per heavy atom. The van der Waals surface area contributed by atoms with Gasteiger partial charge in [-0.15, -0.1) is 0 Å². The monoisotopic (exact) mass is 172 g/mol. The predicted molar refractivity (Wildman–Crippen MR) is 46.6 cm³/mol. The van der Waals surface area contributed by atoms with Gasteiger partial charge in [-0.05, 0) is 5.92 Å². The lowest BCUT2D eigenvalue weighted by atomic mass is 9.96. The van der Waals surface area contributed by atoms with Gasteiger partial charge in [-0.25, -0.2) is 4.79 Å². The van der Waals surface area contributed by atoms with Crippen molar-refractivity contribution in [3.63, 3.8) is 0 Å². The van der Waals surface area contributed by atoms with Crippen LogP contribution in [0, 0.1) is 5.92 Å². The molecule has 70 valence electrons. The van der Waals surface area contributed by atoms with Crippen molar-refractivity contribution in [1.82, 2.24) is 0 Å². The topological polar surface area (TPSA) is 46.5 Å². The van der Waals surface area contributed by atoms with Crippen LogP contribution in [-0.4, -0.2) is 24.3 Å². The summed E-state index contributed by atoms with van der Waals surface area (Å²) in [6.45, 7) is 7.27. The largest absolute Gasteiger partial charge is 0.466 e. The highest BCUT2D eigenvalue weighted by Gasteiger charge is 2.21. The Hall–Kier alpha value is -0.830. The van der Waals surface area contributed by atoms with Crippen molar-refractivity contribution in [3.05, 3.63) is 12.2 Å². The highest BCUT2D eigenvalue weighted by Crippen LogP contribution is 2.14. The van der Waals surface area contributed by atoms with Crippen molar-refractivity contribution in [2.24, 2.45) is 5.92 Å². The lowest BCUT2D eigenvalue weighted by Gasteiger charge is -2.17. The molecule has 12 heavy (non-hydrogen) atoms. The molecule has 3 nitrogen and oxygen atoms in total. The molecule has 0 amide bonds. The van der Waals surface area contributed by atoms with E-state index < -0.39 is 12.1 Å². The third-order valence-corrected chi connectivity index (χ3v) is 1.99. The number of methoxy groups -OCH3 is 1. The van der Waals surface area contributed by atoms with E-state index in [9.17, 15) is 9.90 Å². The Bertz CT molecular complexity index is 175. The maximum Gasteiger partial charge on any atom is 0.335 e. The van der Waals surface area contributed by atoms with Gasteiger partial charge in [0.1, 0.15) is 0 Å². The number of aliphatic hydroxyl groups is 1. The molecule has 0 aliphatic heterocycles. The Balaban J connectivity index is 4.19. The van der Waals surface area contributed by atoms with E-state index in [1.54, 1.807) is 0 Å². The third kappa shape index (κ3) is 2.66. The van der Waals surface area contributed by atoms with Crippen LogP contribution in [0.5, 0.6) is 0 Å². The minimum atomic E-state index is -0.789. The van der Waals surface area contributed by atoms with Crippen molar-refractivity contribution < 1.29 is 14.6 Å². The molecule has 0 aromatic heterocycles. The Morgan fingerprint density at radius 2 is 2.17 bits per heavy atom. The number of aliphatic hydroxyl groups excluding tert-OH is 1. The molecule has 3 heteroatoms. The molecule has 0 radical (unpaired) electrons. The molecule has 0 unspecified atom stereocenters. The third-order valence-electron chi connectivity index (χ3n) is 1.99. The second-order valence-electron chi connectivity index (χ2n) is 2.85. The number of ether oxygens (including phenoxy) is 1. The zero-order chi connectivity index (χ0) is 9.72. The van der Waals surface area contributed by atoms with Gasteiger partial charge in [0.15, 0.2) is 0 Å². The summed E-state index contributed by atoms with van der Waals surface area (Å²) in [5, 5.41) is 9.49. The van der Waals surface area contributed by atoms with E-state index in [2.05, 4.69) is 11.3 Å². The average molecular weight is 172 g/mol. The van der Waals surface area contributed by atoms with E-state index in [1.807, 2.05) is 13.8 Å². The number of carbonyl (C=O) groups is 1. The van der Waals surface area contributed by atoms with Gasteiger partial charge < -0.3 is 9.84 Å². The smallest absolute Gasteiger partial charge is 0.335 e. The Morgan fingerprint density at radius 3 is 2.50 bits per heavy atom. The minimum absolute atomic E-state index is 0.0385. The molecule has 0 aliphatic rings. The van der Waals surface area contributed by atoms with E-state index in [0.717, 1.165) is 6.42 Å². The molecule has 0 aromatic rings. The first-order chi connectivity index (χ1) is 5.54. The van der Waals surface area contributed by atoms with Gasteiger partial charge in [0, 0.05) is 0 Å². The molecule has 0 spiro atoms. The molecule has 0 bridgehead atoms. The quantitative estimate of drug-likeness (QED) is 0.510. The highest BCUT2D eigenvalue weighted by molar-refractivity contribution is 5.88. The van der Waals surface area contributed by atoms with Crippen LogP contribution in [0.4, 0.5) is 0 Å². The van der Waals surface area contributed by atoms with E-state index in [1.165, 1.54) is 7.11 Å². The van der Waals surface area contributed by atoms with Gasteiger partial charge in [0.25, 0.3) is 0 Å². The summed E-state index contributed by atoms with van der Waals surface area (Å²) in [5.74, 6) is -0.501. The fourth-order valence-electron chi connectivity index (χ4n) is 0.819. The van der Waals surface area contributed by atoms with Crippen molar-refractivity contribution >= 4 is 5.97 Å². The maximum atomic E-state index is 10.9. The summed E-state index contributed by atoms with van der Waals surface area (Å²) in [6.07, 6.45) is 0.0134. The first-order valence-corrected chi connectivity index (χ1v) is 3.99. The van der Waals surface area contributed by atoms with E-state index in [4.69, 9.17) is 0 Å². The second kappa shape index (κ2) is 4.93. The van der Waals surface area contributed by atoms with Gasteiger partial charge >= 0.3 is 5.97 Å². The lowest BCUT2D eigenvalue weighted by molar-refractivity contribution is -0.137. The minimum Gasteiger partial charge on any atom is -0.466 e. The molecule has 0 rings (SSSR count). The van der Waals surface area contributed by atoms with Crippen LogP contribution in [-0.2, 0) is 9.53 Å². The summed E-state index contributed by atoms with van der Waals surface area (Å²) in [7, 11) is 1.27. The van der Waals surface area contributed by atoms with Gasteiger partial charge in [-0.1, -0.05) is 26.8 Å². The Kier molecular flexibility index (Phi) is 4.59. The molecule has 0 aromatic carbocycles. The molecule has 0 saturated heterocycles. The van der Waals surface area contributed by atoms with Crippen molar-refractivity contribution in [3.8, 4) is 0 Å². The summed E-state index contributed by atoms with van der Waals surface area (Å²) in [4.78, 5) is 10.9. The number of rotatable bonds is 4. The van der Waals surface area contributed by atoms with Crippen LogP contribution >= 0.6 is 0 Å². The van der Waals surface area contributed by atoms with Gasteiger partial charge in [-0.3, -0.25) is 0 Å². The highest BCUT2D eigenvalue weighted by atomic mass is 16.5. The van der Waals surface area contributed by atoms with Crippen LogP contribution in [0.3, 0.4) is 0 Å². The predicted octanol–water partition coefficient (Wildman–Crippen LogP) is 1.12. The molecule has 0 aliphatic carbocycles. The Labute approximate surface area is 73.0 Å². The van der Waals surface area contributed by atoms with E-state index in [-0.39, 0.29) is 11.5 Å². The number of esters is 1. The van der Waals surface area contributed by atoms with Crippen LogP contribution < -0.4 is 0 Å². The summed E-state index contributed by atoms with van der Waals surface area (Å²) in [5.41, 5.74) is 0.131. The lowest BCUT2D eigenvalue weighted by Crippen LogP contribution is -2.24. The first kappa shape index (κ1) is 11.2. The first-order valence-electron chi connectivity index (χ1n) is 3.99. The van der Waals surface area contributed by atoms with Crippen molar-refractivity contribution in [2.75, 3.05) is 7.11 Å². The molecular formula is C9H16O3. The normalized spacial score (nSPS) is 15.0. The second-order valence-corrected chi connectivity index (χ2v) is 2.85. The van der Waals surface area contributed by atoms with Crippen LogP contribution in [0.15, 0.2) is 12.2 Å². The van der Waals surface area contributed by atoms with E-state index >= 15 is 0 Å². The fourth-order valence-corrected chi connectivity index (χ4v) is 0.819. The van der Waals surface area contributed by atoms with Crippen molar-refractivity contribution in [2.45, 2.75) is 26.4 Å². The van der Waals surface area contributed by atoms with Gasteiger partial charge in [0.2, 0.25) is 0 Å². The number of hydrogen-bond donors (Lipinski definition) is 1. The molecule has 1 N–H and O–H groups in total. The van der Waals surface area contributed by atoms with Crippen LogP contribution in [0.2, 0.25) is 0 Å². The summed E-state index contributed by atoms with van der Waals surface area (Å²) >= 11 is 0. The number of carbonyl (C=O) groups excluding carboxylic acids is 1. The van der Waals surface area contributed by atoms with Crippen LogP contribution in [0.25, 0.3) is 0 Å². The van der Waals surface area contributed by atoms with Gasteiger partial charge in [0.05, 0.1) is 18.8 Å². The zero-order valence-corrected chi connectivity index (χ0v) is 7.83. The van der Waals surface area contributed by atoms with E-state index in [0.29, 0.717) is 0 Å². The standard InChI is InChI=1S/C9H16O3/c1-5-6(2)8(10)7(3)9(11)12-4/h6,8,10H,3,5H2,1-2,4H3/t6-,8+/m0/s1. The molecule has 2 atom stereocenters. The number of hydrogen-bond acceptors (Lipinski definition) is 3. The van der Waals surface area contributed by atoms with Crippen LogP contribution in [0.1, 0.15) is 20.3 Å². The molecule has 0 saturated carbocycles. The van der Waals surface area contributed by atoms with Crippen molar-refractivity contribution in [1.29, 1.82) is 0 Å². The average Bonchev–Trinajstić information content (AvgIpc) is 2.12. The fraction of sp³-hybridized carbons (Fsp3) is 0.667. The van der Waals surface area contributed by atoms with Gasteiger partial charge in [-0.2, -0.15) is 0 Å². The molecule has 0 heterocycles. The molecular weight excluding hydrogens is 156 g/mol. The zero-order valence-electron chi connectivity index (χ0n) is 7.83. The summed E-state index contributed by atoms with van der Waals surface area (Å²) in [6, 6.07) is 0. The SMILES string of the molecule is C=C(C(=O)OC)[C@H](O)[C@@H](C)CC. The summed E-state index contributed by atoms with van der Waals surface area (Å²) < 4.78 is 4.43. The maximum absolute atomic E-state index is 10.9.